The smallest absolute Gasteiger partial charge is 0.281 e. The summed E-state index contributed by atoms with van der Waals surface area (Å²) >= 11 is 7.46. The highest BCUT2D eigenvalue weighted by molar-refractivity contribution is 7.07. The molecule has 0 saturated heterocycles. The maximum absolute atomic E-state index is 12.5. The van der Waals surface area contributed by atoms with Gasteiger partial charge in [-0.25, -0.2) is 0 Å². The third kappa shape index (κ3) is 5.63. The minimum Gasteiger partial charge on any atom is -0.383 e. The van der Waals surface area contributed by atoms with Gasteiger partial charge in [-0.1, -0.05) is 35.9 Å². The molecule has 0 spiro atoms. The van der Waals surface area contributed by atoms with Crippen molar-refractivity contribution in [2.45, 2.75) is 6.54 Å². The van der Waals surface area contributed by atoms with Crippen LogP contribution in [0.25, 0.3) is 0 Å². The van der Waals surface area contributed by atoms with E-state index in [0.717, 1.165) is 5.56 Å². The van der Waals surface area contributed by atoms with Crippen molar-refractivity contribution in [3.63, 3.8) is 0 Å². The second kappa shape index (κ2) is 10.2. The predicted molar refractivity (Wildman–Crippen MR) is 113 cm³/mol. The number of aromatic nitrogens is 1. The van der Waals surface area contributed by atoms with E-state index in [1.807, 2.05) is 28.3 Å². The molecule has 0 fully saturated rings. The van der Waals surface area contributed by atoms with Crippen LogP contribution in [0, 0.1) is 0 Å². The van der Waals surface area contributed by atoms with Gasteiger partial charge in [-0.3, -0.25) is 9.59 Å². The van der Waals surface area contributed by atoms with Crippen LogP contribution in [0.5, 0.6) is 0 Å². The van der Waals surface area contributed by atoms with Crippen molar-refractivity contribution < 1.29 is 14.3 Å². The molecule has 1 N–H and O–H groups in total. The summed E-state index contributed by atoms with van der Waals surface area (Å²) in [5.41, 5.74) is 1.94. The molecule has 1 aromatic heterocycles. The number of ether oxygens (including phenoxy) is 1. The highest BCUT2D eigenvalue weighted by Crippen LogP contribution is 2.15. The standard InChI is InChI=1S/C21H20ClN3O3S/c1-28-12-10-23-19(26)16-8-6-15(7-9-16)14-25-11-13-29-21(25)24-20(27)17-4-2-3-5-18(17)22/h2-9,11,13H,10,12,14H2,1H3,(H,23,26). The molecule has 0 saturated carbocycles. The van der Waals surface area contributed by atoms with Gasteiger partial charge in [0.05, 0.1) is 17.2 Å². The maximum Gasteiger partial charge on any atom is 0.281 e. The summed E-state index contributed by atoms with van der Waals surface area (Å²) in [6.07, 6.45) is 1.87. The number of methoxy groups -OCH3 is 1. The number of carbonyl (C=O) groups is 2. The third-order valence-electron chi connectivity index (χ3n) is 4.12. The van der Waals surface area contributed by atoms with Crippen LogP contribution in [0.3, 0.4) is 0 Å². The molecule has 0 unspecified atom stereocenters. The molecular weight excluding hydrogens is 410 g/mol. The van der Waals surface area contributed by atoms with Crippen LogP contribution in [0.2, 0.25) is 5.02 Å². The monoisotopic (exact) mass is 429 g/mol. The van der Waals surface area contributed by atoms with Crippen molar-refractivity contribution in [2.75, 3.05) is 20.3 Å². The number of nitrogens with one attached hydrogen (secondary N) is 1. The second-order valence-electron chi connectivity index (χ2n) is 6.16. The van der Waals surface area contributed by atoms with Gasteiger partial charge in [0.15, 0.2) is 4.80 Å². The topological polar surface area (TPSA) is 72.7 Å². The van der Waals surface area contributed by atoms with E-state index in [-0.39, 0.29) is 11.8 Å². The molecule has 8 heteroatoms. The van der Waals surface area contributed by atoms with Gasteiger partial charge < -0.3 is 14.6 Å². The summed E-state index contributed by atoms with van der Waals surface area (Å²) in [5, 5.41) is 5.03. The first-order valence-corrected chi connectivity index (χ1v) is 10.2. The van der Waals surface area contributed by atoms with E-state index in [1.165, 1.54) is 11.3 Å². The fourth-order valence-corrected chi connectivity index (χ4v) is 3.56. The van der Waals surface area contributed by atoms with Crippen LogP contribution < -0.4 is 10.1 Å². The van der Waals surface area contributed by atoms with Gasteiger partial charge in [0, 0.05) is 37.3 Å². The van der Waals surface area contributed by atoms with Gasteiger partial charge in [-0.05, 0) is 29.8 Å². The summed E-state index contributed by atoms with van der Waals surface area (Å²) in [6, 6.07) is 14.2. The van der Waals surface area contributed by atoms with Gasteiger partial charge in [-0.2, -0.15) is 4.99 Å². The summed E-state index contributed by atoms with van der Waals surface area (Å²) in [4.78, 5) is 29.3. The van der Waals surface area contributed by atoms with Gasteiger partial charge >= 0.3 is 0 Å². The number of hydrogen-bond donors (Lipinski definition) is 1. The Morgan fingerprint density at radius 2 is 1.93 bits per heavy atom. The van der Waals surface area contributed by atoms with Crippen molar-refractivity contribution in [3.8, 4) is 0 Å². The zero-order valence-electron chi connectivity index (χ0n) is 15.8. The molecule has 2 amide bonds. The Balaban J connectivity index is 1.72. The first-order chi connectivity index (χ1) is 14.1. The van der Waals surface area contributed by atoms with Crippen LogP contribution >= 0.6 is 22.9 Å². The van der Waals surface area contributed by atoms with E-state index in [4.69, 9.17) is 16.3 Å². The Hall–Kier alpha value is -2.74. The minimum absolute atomic E-state index is 0.141. The quantitative estimate of drug-likeness (QED) is 0.585. The van der Waals surface area contributed by atoms with Crippen LogP contribution in [0.15, 0.2) is 65.1 Å². The molecule has 0 atom stereocenters. The van der Waals surface area contributed by atoms with Gasteiger partial charge in [0.1, 0.15) is 0 Å². The Morgan fingerprint density at radius 1 is 1.17 bits per heavy atom. The lowest BCUT2D eigenvalue weighted by atomic mass is 10.1. The number of nitrogens with zero attached hydrogens (tertiary/aromatic N) is 2. The lowest BCUT2D eigenvalue weighted by molar-refractivity contribution is 0.0936. The number of halogens is 1. The molecule has 0 aliphatic carbocycles. The van der Waals surface area contributed by atoms with E-state index >= 15 is 0 Å². The fourth-order valence-electron chi connectivity index (χ4n) is 2.62. The molecule has 3 aromatic rings. The zero-order chi connectivity index (χ0) is 20.6. The van der Waals surface area contributed by atoms with E-state index in [9.17, 15) is 9.59 Å². The third-order valence-corrected chi connectivity index (χ3v) is 5.25. The Kier molecular flexibility index (Phi) is 7.35. The number of amides is 2. The van der Waals surface area contributed by atoms with Gasteiger partial charge in [0.2, 0.25) is 0 Å². The number of carbonyl (C=O) groups excluding carboxylic acids is 2. The van der Waals surface area contributed by atoms with Crippen LogP contribution in [0.4, 0.5) is 0 Å². The molecule has 29 heavy (non-hydrogen) atoms. The summed E-state index contributed by atoms with van der Waals surface area (Å²) < 4.78 is 6.80. The van der Waals surface area contributed by atoms with Crippen LogP contribution in [-0.2, 0) is 11.3 Å². The van der Waals surface area contributed by atoms with Crippen LogP contribution in [-0.4, -0.2) is 36.6 Å². The number of benzene rings is 2. The van der Waals surface area contributed by atoms with Crippen molar-refractivity contribution in [2.24, 2.45) is 4.99 Å². The highest BCUT2D eigenvalue weighted by atomic mass is 35.5. The molecule has 0 aliphatic heterocycles. The molecule has 0 radical (unpaired) electrons. The largest absolute Gasteiger partial charge is 0.383 e. The van der Waals surface area contributed by atoms with Crippen LogP contribution in [0.1, 0.15) is 26.3 Å². The normalized spacial score (nSPS) is 11.4. The zero-order valence-corrected chi connectivity index (χ0v) is 17.4. The van der Waals surface area contributed by atoms with Crippen molar-refractivity contribution in [1.29, 1.82) is 0 Å². The van der Waals surface area contributed by atoms with E-state index in [1.54, 1.807) is 43.5 Å². The summed E-state index contributed by atoms with van der Waals surface area (Å²) in [5.74, 6) is -0.521. The Labute approximate surface area is 177 Å². The lowest BCUT2D eigenvalue weighted by Gasteiger charge is -2.07. The van der Waals surface area contributed by atoms with E-state index in [2.05, 4.69) is 10.3 Å². The first-order valence-electron chi connectivity index (χ1n) is 8.92. The molecule has 3 rings (SSSR count). The van der Waals surface area contributed by atoms with Crippen molar-refractivity contribution in [1.82, 2.24) is 9.88 Å². The molecule has 1 heterocycles. The summed E-state index contributed by atoms with van der Waals surface area (Å²) in [6.45, 7) is 1.47. The predicted octanol–water partition coefficient (Wildman–Crippen LogP) is 3.37. The number of rotatable bonds is 7. The van der Waals surface area contributed by atoms with E-state index < -0.39 is 0 Å². The fraction of sp³-hybridized carbons (Fsp3) is 0.190. The molecule has 2 aromatic carbocycles. The van der Waals surface area contributed by atoms with E-state index in [0.29, 0.717) is 40.6 Å². The lowest BCUT2D eigenvalue weighted by Crippen LogP contribution is -2.26. The number of thiazole rings is 1. The van der Waals surface area contributed by atoms with Gasteiger partial charge in [-0.15, -0.1) is 11.3 Å². The minimum atomic E-state index is -0.380. The molecule has 6 nitrogen and oxygen atoms in total. The Bertz CT molecular complexity index is 1060. The molecule has 0 bridgehead atoms. The maximum atomic E-state index is 12.5. The average Bonchev–Trinajstić information content (AvgIpc) is 3.15. The molecule has 0 aliphatic rings. The SMILES string of the molecule is COCCNC(=O)c1ccc(Cn2ccsc2=NC(=O)c2ccccc2Cl)cc1. The Morgan fingerprint density at radius 3 is 2.66 bits per heavy atom. The number of hydrogen-bond acceptors (Lipinski definition) is 4. The molecule has 150 valence electrons. The highest BCUT2D eigenvalue weighted by Gasteiger charge is 2.09. The van der Waals surface area contributed by atoms with Crippen molar-refractivity contribution in [3.05, 3.63) is 86.6 Å². The summed E-state index contributed by atoms with van der Waals surface area (Å²) in [7, 11) is 1.59. The second-order valence-corrected chi connectivity index (χ2v) is 7.44. The average molecular weight is 430 g/mol. The van der Waals surface area contributed by atoms with Gasteiger partial charge in [0.25, 0.3) is 11.8 Å². The van der Waals surface area contributed by atoms with Crippen molar-refractivity contribution >= 4 is 34.8 Å². The first kappa shape index (κ1) is 21.0. The molecular formula is C21H20ClN3O3S.